The molecule has 31 heavy (non-hydrogen) atoms. The summed E-state index contributed by atoms with van der Waals surface area (Å²) in [6.45, 7) is 2.71. The van der Waals surface area contributed by atoms with Gasteiger partial charge < -0.3 is 14.8 Å². The summed E-state index contributed by atoms with van der Waals surface area (Å²) in [6.07, 6.45) is 3.74. The van der Waals surface area contributed by atoms with Crippen molar-refractivity contribution in [3.05, 3.63) is 59.2 Å². The van der Waals surface area contributed by atoms with Gasteiger partial charge in [-0.1, -0.05) is 50.8 Å². The van der Waals surface area contributed by atoms with Crippen LogP contribution >= 0.6 is 0 Å². The first kappa shape index (κ1) is 23.5. The van der Waals surface area contributed by atoms with Crippen molar-refractivity contribution in [1.82, 2.24) is 5.32 Å². The van der Waals surface area contributed by atoms with E-state index in [2.05, 4.69) is 12.2 Å². The van der Waals surface area contributed by atoms with E-state index in [-0.39, 0.29) is 12.1 Å². The largest absolute Gasteiger partial charge is 0.497 e. The summed E-state index contributed by atoms with van der Waals surface area (Å²) in [5, 5.41) is 3.53. The third kappa shape index (κ3) is 6.63. The number of rotatable bonds is 10. The highest BCUT2D eigenvalue weighted by atomic mass is 19.4. The van der Waals surface area contributed by atoms with Crippen molar-refractivity contribution in [3.8, 4) is 11.5 Å². The third-order valence-corrected chi connectivity index (χ3v) is 5.85. The lowest BCUT2D eigenvalue weighted by Gasteiger charge is -2.33. The molecule has 2 aromatic carbocycles. The molecule has 0 saturated carbocycles. The summed E-state index contributed by atoms with van der Waals surface area (Å²) < 4.78 is 50.0. The van der Waals surface area contributed by atoms with Gasteiger partial charge in [-0.25, -0.2) is 0 Å². The van der Waals surface area contributed by atoms with Crippen molar-refractivity contribution in [1.29, 1.82) is 0 Å². The Hall–Kier alpha value is -2.21. The van der Waals surface area contributed by atoms with E-state index in [0.29, 0.717) is 6.54 Å². The number of halogens is 3. The zero-order chi connectivity index (χ0) is 22.3. The van der Waals surface area contributed by atoms with Crippen LogP contribution in [-0.4, -0.2) is 13.2 Å². The molecule has 1 aliphatic rings. The topological polar surface area (TPSA) is 30.5 Å². The van der Waals surface area contributed by atoms with Crippen molar-refractivity contribution in [3.63, 3.8) is 0 Å². The lowest BCUT2D eigenvalue weighted by molar-refractivity contribution is -0.137. The van der Waals surface area contributed by atoms with E-state index in [1.165, 1.54) is 37.8 Å². The van der Waals surface area contributed by atoms with E-state index in [1.807, 2.05) is 18.2 Å². The van der Waals surface area contributed by atoms with Crippen LogP contribution in [0.2, 0.25) is 0 Å². The molecule has 2 unspecified atom stereocenters. The fourth-order valence-corrected chi connectivity index (χ4v) is 4.05. The van der Waals surface area contributed by atoms with Crippen LogP contribution in [0.4, 0.5) is 13.2 Å². The van der Waals surface area contributed by atoms with Crippen molar-refractivity contribution >= 4 is 0 Å². The number of unbranched alkanes of at least 4 members (excludes halogenated alkanes) is 4. The summed E-state index contributed by atoms with van der Waals surface area (Å²) in [5.74, 6) is 1.58. The fraction of sp³-hybridized carbons (Fsp3) is 0.520. The van der Waals surface area contributed by atoms with E-state index in [0.717, 1.165) is 54.0 Å². The van der Waals surface area contributed by atoms with Gasteiger partial charge in [-0.2, -0.15) is 13.2 Å². The molecule has 1 heterocycles. The third-order valence-electron chi connectivity index (χ3n) is 5.85. The standard InChI is InChI=1S/C25H32F3NO2/c1-3-4-5-6-7-8-21-15-23(22-14-13-20(30-2)16-24(22)31-21)29-17-18-9-11-19(12-10-18)25(26,27)28/h9-14,16,21,23,29H,3-8,15,17H2,1-2H3. The van der Waals surface area contributed by atoms with Gasteiger partial charge in [0.05, 0.1) is 12.7 Å². The van der Waals surface area contributed by atoms with Gasteiger partial charge in [-0.15, -0.1) is 0 Å². The summed E-state index contributed by atoms with van der Waals surface area (Å²) in [5.41, 5.74) is 1.27. The Morgan fingerprint density at radius 3 is 2.45 bits per heavy atom. The van der Waals surface area contributed by atoms with Crippen LogP contribution in [0.5, 0.6) is 11.5 Å². The second-order valence-electron chi connectivity index (χ2n) is 8.21. The summed E-state index contributed by atoms with van der Waals surface area (Å²) >= 11 is 0. The maximum atomic E-state index is 12.8. The number of benzene rings is 2. The number of fused-ring (bicyclic) bond motifs is 1. The minimum atomic E-state index is -4.31. The average Bonchev–Trinajstić information content (AvgIpc) is 2.76. The van der Waals surface area contributed by atoms with Crippen LogP contribution in [0.15, 0.2) is 42.5 Å². The molecule has 0 aromatic heterocycles. The van der Waals surface area contributed by atoms with Crippen molar-refractivity contribution in [2.24, 2.45) is 0 Å². The quantitative estimate of drug-likeness (QED) is 0.405. The molecule has 170 valence electrons. The van der Waals surface area contributed by atoms with Crippen LogP contribution in [0.3, 0.4) is 0 Å². The maximum Gasteiger partial charge on any atom is 0.416 e. The smallest absolute Gasteiger partial charge is 0.416 e. The van der Waals surface area contributed by atoms with E-state index in [1.54, 1.807) is 7.11 Å². The molecular weight excluding hydrogens is 403 g/mol. The van der Waals surface area contributed by atoms with Gasteiger partial charge in [0.1, 0.15) is 17.6 Å². The first-order valence-corrected chi connectivity index (χ1v) is 11.1. The summed E-state index contributed by atoms with van der Waals surface area (Å²) in [6, 6.07) is 11.3. The van der Waals surface area contributed by atoms with Gasteiger partial charge >= 0.3 is 6.18 Å². The van der Waals surface area contributed by atoms with E-state index in [9.17, 15) is 13.2 Å². The van der Waals surface area contributed by atoms with Crippen LogP contribution in [0.1, 0.15) is 74.6 Å². The zero-order valence-corrected chi connectivity index (χ0v) is 18.3. The first-order valence-electron chi connectivity index (χ1n) is 11.1. The number of methoxy groups -OCH3 is 1. The van der Waals surface area contributed by atoms with Gasteiger partial charge in [0.2, 0.25) is 0 Å². The van der Waals surface area contributed by atoms with E-state index in [4.69, 9.17) is 9.47 Å². The van der Waals surface area contributed by atoms with Crippen molar-refractivity contribution in [2.45, 2.75) is 76.7 Å². The average molecular weight is 436 g/mol. The molecule has 1 N–H and O–H groups in total. The molecule has 3 rings (SSSR count). The summed E-state index contributed by atoms with van der Waals surface area (Å²) in [4.78, 5) is 0. The Kier molecular flexibility index (Phi) is 8.24. The predicted molar refractivity (Wildman–Crippen MR) is 116 cm³/mol. The van der Waals surface area contributed by atoms with E-state index >= 15 is 0 Å². The van der Waals surface area contributed by atoms with Crippen molar-refractivity contribution < 1.29 is 22.6 Å². The Balaban J connectivity index is 1.66. The molecule has 2 atom stereocenters. The van der Waals surface area contributed by atoms with Gasteiger partial charge in [0, 0.05) is 30.6 Å². The Labute approximate surface area is 183 Å². The molecule has 2 aromatic rings. The molecule has 0 saturated heterocycles. The molecule has 0 spiro atoms. The minimum absolute atomic E-state index is 0.0811. The van der Waals surface area contributed by atoms with Gasteiger partial charge in [0.15, 0.2) is 0 Å². The monoisotopic (exact) mass is 435 g/mol. The Bertz CT molecular complexity index is 821. The fourth-order valence-electron chi connectivity index (χ4n) is 4.05. The van der Waals surface area contributed by atoms with E-state index < -0.39 is 11.7 Å². The van der Waals surface area contributed by atoms with Gasteiger partial charge in [-0.3, -0.25) is 0 Å². The Morgan fingerprint density at radius 2 is 1.77 bits per heavy atom. The number of ether oxygens (including phenoxy) is 2. The minimum Gasteiger partial charge on any atom is -0.497 e. The SMILES string of the molecule is CCCCCCCC1CC(NCc2ccc(C(F)(F)F)cc2)c2ccc(OC)cc2O1. The van der Waals surface area contributed by atoms with Gasteiger partial charge in [0.25, 0.3) is 0 Å². The number of nitrogens with one attached hydrogen (secondary N) is 1. The highest BCUT2D eigenvalue weighted by Crippen LogP contribution is 2.38. The molecule has 0 fully saturated rings. The molecule has 1 aliphatic heterocycles. The normalized spacial score (nSPS) is 18.4. The van der Waals surface area contributed by atoms with Crippen molar-refractivity contribution in [2.75, 3.05) is 7.11 Å². The highest BCUT2D eigenvalue weighted by molar-refractivity contribution is 5.44. The number of hydrogen-bond donors (Lipinski definition) is 1. The van der Waals surface area contributed by atoms with Crippen LogP contribution < -0.4 is 14.8 Å². The lowest BCUT2D eigenvalue weighted by Crippen LogP contribution is -2.33. The predicted octanol–water partition coefficient (Wildman–Crippen LogP) is 7.06. The number of alkyl halides is 3. The zero-order valence-electron chi connectivity index (χ0n) is 18.3. The molecule has 0 aliphatic carbocycles. The maximum absolute atomic E-state index is 12.8. The van der Waals surface area contributed by atoms with Gasteiger partial charge in [-0.05, 0) is 36.6 Å². The molecule has 0 radical (unpaired) electrons. The molecule has 0 amide bonds. The van der Waals surface area contributed by atoms with Crippen LogP contribution in [0, 0.1) is 0 Å². The van der Waals surface area contributed by atoms with Crippen LogP contribution in [0.25, 0.3) is 0 Å². The highest BCUT2D eigenvalue weighted by Gasteiger charge is 2.30. The lowest BCUT2D eigenvalue weighted by atomic mass is 9.93. The molecular formula is C25H32F3NO2. The summed E-state index contributed by atoms with van der Waals surface area (Å²) in [7, 11) is 1.64. The molecule has 6 heteroatoms. The van der Waals surface area contributed by atoms with Crippen LogP contribution in [-0.2, 0) is 12.7 Å². The Morgan fingerprint density at radius 1 is 1.03 bits per heavy atom. The molecule has 0 bridgehead atoms. The second kappa shape index (κ2) is 10.9. The number of hydrogen-bond acceptors (Lipinski definition) is 3. The first-order chi connectivity index (χ1) is 14.9. The molecule has 3 nitrogen and oxygen atoms in total. The second-order valence-corrected chi connectivity index (χ2v) is 8.21.